The molecule has 1 aliphatic carbocycles. The van der Waals surface area contributed by atoms with Gasteiger partial charge in [-0.05, 0) is 32.1 Å². The average molecular weight is 354 g/mol. The standard InChI is InChI=1S/C20H34O5/c1-2-9-15(21)10-7-8-12-17-16(18(22)14-19(17)23)11-5-3-4-6-13-20(24)25/h8,12,15-17,19,21,23H,2-7,9-11,13-14H2,1H3,(H,24,25)/t15?,16-,17-,19-/m1/s1. The lowest BCUT2D eigenvalue weighted by molar-refractivity contribution is -0.137. The summed E-state index contributed by atoms with van der Waals surface area (Å²) in [6.45, 7) is 2.05. The molecule has 0 aromatic carbocycles. The van der Waals surface area contributed by atoms with Gasteiger partial charge in [-0.25, -0.2) is 0 Å². The van der Waals surface area contributed by atoms with Gasteiger partial charge in [-0.3, -0.25) is 9.59 Å². The molecule has 0 amide bonds. The summed E-state index contributed by atoms with van der Waals surface area (Å²) in [5.74, 6) is -0.858. The molecule has 0 aliphatic heterocycles. The summed E-state index contributed by atoms with van der Waals surface area (Å²) in [5.41, 5.74) is 0. The highest BCUT2D eigenvalue weighted by molar-refractivity contribution is 5.84. The monoisotopic (exact) mass is 354 g/mol. The van der Waals surface area contributed by atoms with E-state index in [4.69, 9.17) is 5.11 Å². The van der Waals surface area contributed by atoms with E-state index in [1.807, 2.05) is 19.1 Å². The van der Waals surface area contributed by atoms with Gasteiger partial charge in [0.1, 0.15) is 5.78 Å². The molecule has 5 nitrogen and oxygen atoms in total. The van der Waals surface area contributed by atoms with E-state index in [1.54, 1.807) is 0 Å². The predicted octanol–water partition coefficient (Wildman–Crippen LogP) is 3.48. The van der Waals surface area contributed by atoms with Crippen LogP contribution in [-0.2, 0) is 9.59 Å². The van der Waals surface area contributed by atoms with E-state index in [0.29, 0.717) is 6.42 Å². The van der Waals surface area contributed by atoms with E-state index in [0.717, 1.165) is 51.4 Å². The number of aliphatic hydroxyl groups excluding tert-OH is 2. The van der Waals surface area contributed by atoms with Crippen molar-refractivity contribution in [3.05, 3.63) is 12.2 Å². The second-order valence-electron chi connectivity index (χ2n) is 7.22. The van der Waals surface area contributed by atoms with Crippen LogP contribution >= 0.6 is 0 Å². The van der Waals surface area contributed by atoms with Crippen LogP contribution in [0.15, 0.2) is 12.2 Å². The molecule has 0 radical (unpaired) electrons. The quantitative estimate of drug-likeness (QED) is 0.348. The van der Waals surface area contributed by atoms with Gasteiger partial charge in [-0.2, -0.15) is 0 Å². The molecule has 5 heteroatoms. The van der Waals surface area contributed by atoms with Crippen LogP contribution in [0.25, 0.3) is 0 Å². The van der Waals surface area contributed by atoms with Gasteiger partial charge in [-0.15, -0.1) is 0 Å². The molecular weight excluding hydrogens is 320 g/mol. The highest BCUT2D eigenvalue weighted by atomic mass is 16.4. The van der Waals surface area contributed by atoms with Gasteiger partial charge >= 0.3 is 5.97 Å². The number of hydrogen-bond donors (Lipinski definition) is 3. The zero-order valence-electron chi connectivity index (χ0n) is 15.4. The zero-order valence-corrected chi connectivity index (χ0v) is 15.4. The Hall–Kier alpha value is -1.20. The Bertz CT molecular complexity index is 432. The molecule has 144 valence electrons. The Balaban J connectivity index is 2.34. The fourth-order valence-electron chi connectivity index (χ4n) is 3.61. The van der Waals surface area contributed by atoms with Gasteiger partial charge < -0.3 is 15.3 Å². The first-order valence-corrected chi connectivity index (χ1v) is 9.73. The first kappa shape index (κ1) is 21.8. The number of carbonyl (C=O) groups excluding carboxylic acids is 1. The minimum atomic E-state index is -0.761. The maximum atomic E-state index is 12.1. The van der Waals surface area contributed by atoms with Gasteiger partial charge in [0, 0.05) is 24.7 Å². The Kier molecular flexibility index (Phi) is 10.7. The number of carboxylic acid groups (broad SMARTS) is 1. The molecule has 1 fully saturated rings. The SMILES string of the molecule is CCCC(O)CCC=C[C@H]1[C@H](O)CC(=O)[C@@H]1CCCCCCC(=O)O. The number of allylic oxidation sites excluding steroid dienone is 1. The lowest BCUT2D eigenvalue weighted by Gasteiger charge is -2.17. The number of ketones is 1. The molecule has 3 N–H and O–H groups in total. The lowest BCUT2D eigenvalue weighted by Crippen LogP contribution is -2.18. The number of carbonyl (C=O) groups is 2. The van der Waals surface area contributed by atoms with Crippen LogP contribution in [0, 0.1) is 11.8 Å². The number of aliphatic hydroxyl groups is 2. The number of Topliss-reactive ketones (excluding diaryl/α,β-unsaturated/α-hetero) is 1. The van der Waals surface area contributed by atoms with Crippen molar-refractivity contribution < 1.29 is 24.9 Å². The summed E-state index contributed by atoms with van der Waals surface area (Å²) in [7, 11) is 0. The van der Waals surface area contributed by atoms with Crippen molar-refractivity contribution in [2.45, 2.75) is 89.8 Å². The molecule has 1 saturated carbocycles. The van der Waals surface area contributed by atoms with Gasteiger partial charge in [0.15, 0.2) is 0 Å². The van der Waals surface area contributed by atoms with Gasteiger partial charge in [0.25, 0.3) is 0 Å². The van der Waals surface area contributed by atoms with E-state index < -0.39 is 12.1 Å². The number of aliphatic carboxylic acids is 1. The summed E-state index contributed by atoms with van der Waals surface area (Å²) in [4.78, 5) is 22.6. The molecule has 0 bridgehead atoms. The highest BCUT2D eigenvalue weighted by Crippen LogP contribution is 2.34. The maximum Gasteiger partial charge on any atom is 0.303 e. The van der Waals surface area contributed by atoms with Crippen LogP contribution in [-0.4, -0.2) is 39.3 Å². The second-order valence-corrected chi connectivity index (χ2v) is 7.22. The van der Waals surface area contributed by atoms with Gasteiger partial charge in [-0.1, -0.05) is 44.8 Å². The van der Waals surface area contributed by atoms with Crippen molar-refractivity contribution in [2.24, 2.45) is 11.8 Å². The first-order valence-electron chi connectivity index (χ1n) is 9.73. The van der Waals surface area contributed by atoms with Crippen molar-refractivity contribution in [1.82, 2.24) is 0 Å². The molecule has 0 saturated heterocycles. The molecule has 1 aliphatic rings. The third-order valence-electron chi connectivity index (χ3n) is 5.04. The summed E-state index contributed by atoms with van der Waals surface area (Å²) in [6, 6.07) is 0. The van der Waals surface area contributed by atoms with E-state index >= 15 is 0 Å². The second kappa shape index (κ2) is 12.2. The largest absolute Gasteiger partial charge is 0.481 e. The number of unbranched alkanes of at least 4 members (excludes halogenated alkanes) is 3. The molecular formula is C20H34O5. The molecule has 1 rings (SSSR count). The molecule has 0 aromatic rings. The third kappa shape index (κ3) is 8.63. The van der Waals surface area contributed by atoms with Crippen molar-refractivity contribution >= 4 is 11.8 Å². The molecule has 0 spiro atoms. The fraction of sp³-hybridized carbons (Fsp3) is 0.800. The Morgan fingerprint density at radius 2 is 1.96 bits per heavy atom. The highest BCUT2D eigenvalue weighted by Gasteiger charge is 2.39. The molecule has 0 aromatic heterocycles. The minimum Gasteiger partial charge on any atom is -0.481 e. The average Bonchev–Trinajstić information content (AvgIpc) is 2.81. The van der Waals surface area contributed by atoms with Crippen LogP contribution in [0.2, 0.25) is 0 Å². The Morgan fingerprint density at radius 3 is 2.64 bits per heavy atom. The van der Waals surface area contributed by atoms with Crippen LogP contribution in [0.3, 0.4) is 0 Å². The smallest absolute Gasteiger partial charge is 0.303 e. The summed E-state index contributed by atoms with van der Waals surface area (Å²) >= 11 is 0. The molecule has 1 unspecified atom stereocenters. The van der Waals surface area contributed by atoms with Gasteiger partial charge in [0.2, 0.25) is 0 Å². The maximum absolute atomic E-state index is 12.1. The molecule has 0 heterocycles. The molecule has 25 heavy (non-hydrogen) atoms. The first-order chi connectivity index (χ1) is 12.0. The number of carboxylic acids is 1. The summed E-state index contributed by atoms with van der Waals surface area (Å²) < 4.78 is 0. The van der Waals surface area contributed by atoms with E-state index in [1.165, 1.54) is 0 Å². The van der Waals surface area contributed by atoms with Gasteiger partial charge in [0.05, 0.1) is 12.2 Å². The zero-order chi connectivity index (χ0) is 18.7. The number of hydrogen-bond acceptors (Lipinski definition) is 4. The van der Waals surface area contributed by atoms with Crippen molar-refractivity contribution in [3.8, 4) is 0 Å². The van der Waals surface area contributed by atoms with E-state index in [-0.39, 0.29) is 36.6 Å². The van der Waals surface area contributed by atoms with Crippen LogP contribution in [0.1, 0.15) is 77.6 Å². The van der Waals surface area contributed by atoms with Crippen molar-refractivity contribution in [1.29, 1.82) is 0 Å². The van der Waals surface area contributed by atoms with Crippen LogP contribution in [0.5, 0.6) is 0 Å². The Labute approximate surface area is 151 Å². The summed E-state index contributed by atoms with van der Waals surface area (Å²) in [5, 5.41) is 28.5. The van der Waals surface area contributed by atoms with E-state index in [9.17, 15) is 19.8 Å². The Morgan fingerprint density at radius 1 is 1.24 bits per heavy atom. The predicted molar refractivity (Wildman–Crippen MR) is 97.2 cm³/mol. The third-order valence-corrected chi connectivity index (χ3v) is 5.04. The fourth-order valence-corrected chi connectivity index (χ4v) is 3.61. The normalized spacial score (nSPS) is 24.9. The van der Waals surface area contributed by atoms with Crippen LogP contribution < -0.4 is 0 Å². The van der Waals surface area contributed by atoms with Crippen molar-refractivity contribution in [2.75, 3.05) is 0 Å². The molecule has 4 atom stereocenters. The van der Waals surface area contributed by atoms with E-state index in [2.05, 4.69) is 0 Å². The lowest BCUT2D eigenvalue weighted by atomic mass is 9.88. The minimum absolute atomic E-state index is 0.116. The topological polar surface area (TPSA) is 94.8 Å². The van der Waals surface area contributed by atoms with Crippen molar-refractivity contribution in [3.63, 3.8) is 0 Å². The number of rotatable bonds is 13. The summed E-state index contributed by atoms with van der Waals surface area (Å²) in [6.07, 6.45) is 10.9. The van der Waals surface area contributed by atoms with Crippen LogP contribution in [0.4, 0.5) is 0 Å².